The summed E-state index contributed by atoms with van der Waals surface area (Å²) >= 11 is 0. The number of nitrogens with one attached hydrogen (secondary N) is 1. The molecule has 0 aliphatic heterocycles. The van der Waals surface area contributed by atoms with Gasteiger partial charge in [-0.15, -0.1) is 0 Å². The number of hydrogen-bond donors (Lipinski definition) is 3. The van der Waals surface area contributed by atoms with Gasteiger partial charge in [0.25, 0.3) is 0 Å². The fourth-order valence-corrected chi connectivity index (χ4v) is 1.59. The highest BCUT2D eigenvalue weighted by Gasteiger charge is 2.38. The summed E-state index contributed by atoms with van der Waals surface area (Å²) in [5, 5.41) is 10.8. The van der Waals surface area contributed by atoms with E-state index in [2.05, 4.69) is 5.32 Å². The Kier molecular flexibility index (Phi) is 7.23. The van der Waals surface area contributed by atoms with E-state index in [1.807, 2.05) is 13.8 Å². The van der Waals surface area contributed by atoms with E-state index in [0.717, 1.165) is 6.42 Å². The average molecular weight is 270 g/mol. The highest BCUT2D eigenvalue weighted by atomic mass is 19.4. The van der Waals surface area contributed by atoms with Gasteiger partial charge in [0.1, 0.15) is 0 Å². The van der Waals surface area contributed by atoms with Crippen LogP contribution in [0.5, 0.6) is 0 Å². The minimum atomic E-state index is -4.71. The molecular formula is C11H21F3N2O2. The van der Waals surface area contributed by atoms with E-state index < -0.39 is 24.7 Å². The summed E-state index contributed by atoms with van der Waals surface area (Å²) in [6.07, 6.45) is -6.41. The molecule has 0 saturated heterocycles. The van der Waals surface area contributed by atoms with Crippen molar-refractivity contribution in [2.45, 2.75) is 39.0 Å². The van der Waals surface area contributed by atoms with Gasteiger partial charge in [-0.1, -0.05) is 13.8 Å². The van der Waals surface area contributed by atoms with Gasteiger partial charge in [-0.25, -0.2) is 0 Å². The smallest absolute Gasteiger partial charge is 0.382 e. The molecule has 1 unspecified atom stereocenters. The van der Waals surface area contributed by atoms with Crippen LogP contribution in [-0.2, 0) is 4.79 Å². The molecule has 2 atom stereocenters. The van der Waals surface area contributed by atoms with Gasteiger partial charge < -0.3 is 16.2 Å². The average Bonchev–Trinajstić information content (AvgIpc) is 2.22. The molecule has 0 aliphatic carbocycles. The zero-order chi connectivity index (χ0) is 14.3. The molecule has 0 spiro atoms. The molecule has 0 aliphatic rings. The number of carbonyl (C=O) groups is 1. The summed E-state index contributed by atoms with van der Waals surface area (Å²) in [7, 11) is 0. The number of aliphatic hydroxyl groups excluding tert-OH is 1. The van der Waals surface area contributed by atoms with E-state index in [9.17, 15) is 18.0 Å². The van der Waals surface area contributed by atoms with Gasteiger partial charge in [0.2, 0.25) is 5.91 Å². The van der Waals surface area contributed by atoms with Crippen LogP contribution < -0.4 is 11.1 Å². The molecule has 0 radical (unpaired) electrons. The molecule has 7 heteroatoms. The lowest BCUT2D eigenvalue weighted by molar-refractivity contribution is -0.201. The van der Waals surface area contributed by atoms with Crippen molar-refractivity contribution in [3.8, 4) is 0 Å². The number of carbonyl (C=O) groups excluding carboxylic acids is 1. The monoisotopic (exact) mass is 270 g/mol. The Bertz CT molecular complexity index is 257. The first-order valence-electron chi connectivity index (χ1n) is 5.88. The minimum absolute atomic E-state index is 0.0481. The number of halogens is 3. The lowest BCUT2D eigenvalue weighted by Gasteiger charge is -2.18. The van der Waals surface area contributed by atoms with Crippen LogP contribution in [0.3, 0.4) is 0 Å². The van der Waals surface area contributed by atoms with Crippen molar-refractivity contribution in [3.05, 3.63) is 0 Å². The van der Waals surface area contributed by atoms with Gasteiger partial charge in [0, 0.05) is 6.42 Å². The third-order valence-electron chi connectivity index (χ3n) is 2.48. The van der Waals surface area contributed by atoms with Crippen LogP contribution in [-0.4, -0.2) is 36.4 Å². The summed E-state index contributed by atoms with van der Waals surface area (Å²) in [6.45, 7) is 3.46. The molecule has 0 aromatic rings. The number of amides is 1. The zero-order valence-corrected chi connectivity index (χ0v) is 10.6. The number of nitrogens with two attached hydrogens (primary N) is 1. The molecule has 0 fully saturated rings. The second-order valence-electron chi connectivity index (χ2n) is 4.80. The Morgan fingerprint density at radius 3 is 2.33 bits per heavy atom. The normalized spacial score (nSPS) is 15.6. The minimum Gasteiger partial charge on any atom is -0.382 e. The van der Waals surface area contributed by atoms with Gasteiger partial charge >= 0.3 is 6.18 Å². The number of rotatable bonds is 7. The molecule has 4 N–H and O–H groups in total. The fourth-order valence-electron chi connectivity index (χ4n) is 1.59. The molecule has 1 amide bonds. The standard InChI is InChI=1S/C11H21F3N2O2/c1-7(2)3-8(5-15)4-10(18)16-6-9(17)11(12,13)14/h7-9,17H,3-6,15H2,1-2H3,(H,16,18)/t8-,9?/m0/s1. The van der Waals surface area contributed by atoms with Crippen molar-refractivity contribution < 1.29 is 23.1 Å². The summed E-state index contributed by atoms with van der Waals surface area (Å²) in [5.74, 6) is -0.199. The van der Waals surface area contributed by atoms with Gasteiger partial charge in [-0.3, -0.25) is 4.79 Å². The van der Waals surface area contributed by atoms with E-state index in [4.69, 9.17) is 10.8 Å². The maximum atomic E-state index is 12.0. The zero-order valence-electron chi connectivity index (χ0n) is 10.6. The number of alkyl halides is 3. The van der Waals surface area contributed by atoms with Crippen LogP contribution in [0.2, 0.25) is 0 Å². The van der Waals surface area contributed by atoms with Gasteiger partial charge in [0.05, 0.1) is 6.54 Å². The third kappa shape index (κ3) is 7.50. The van der Waals surface area contributed by atoms with Gasteiger partial charge in [-0.05, 0) is 24.8 Å². The highest BCUT2D eigenvalue weighted by molar-refractivity contribution is 5.76. The van der Waals surface area contributed by atoms with E-state index in [1.54, 1.807) is 0 Å². The molecule has 0 heterocycles. The predicted octanol–water partition coefficient (Wildman–Crippen LogP) is 1.04. The Morgan fingerprint density at radius 1 is 1.39 bits per heavy atom. The molecule has 0 aromatic carbocycles. The van der Waals surface area contributed by atoms with Gasteiger partial charge in [0.15, 0.2) is 6.10 Å². The quantitative estimate of drug-likeness (QED) is 0.647. The first-order chi connectivity index (χ1) is 8.16. The predicted molar refractivity (Wildman–Crippen MR) is 61.7 cm³/mol. The topological polar surface area (TPSA) is 75.4 Å². The van der Waals surface area contributed by atoms with Gasteiger partial charge in [-0.2, -0.15) is 13.2 Å². The van der Waals surface area contributed by atoms with Crippen molar-refractivity contribution in [1.82, 2.24) is 5.32 Å². The number of aliphatic hydroxyl groups is 1. The molecule has 0 bridgehead atoms. The Labute approximate surface area is 105 Å². The van der Waals surface area contributed by atoms with Crippen molar-refractivity contribution >= 4 is 5.91 Å². The lowest BCUT2D eigenvalue weighted by atomic mass is 9.94. The van der Waals surface area contributed by atoms with E-state index >= 15 is 0 Å². The van der Waals surface area contributed by atoms with Crippen molar-refractivity contribution in [2.75, 3.05) is 13.1 Å². The van der Waals surface area contributed by atoms with Crippen LogP contribution in [0.25, 0.3) is 0 Å². The number of hydrogen-bond acceptors (Lipinski definition) is 3. The molecular weight excluding hydrogens is 249 g/mol. The summed E-state index contributed by atoms with van der Waals surface area (Å²) < 4.78 is 35.9. The van der Waals surface area contributed by atoms with Crippen LogP contribution >= 0.6 is 0 Å². The van der Waals surface area contributed by atoms with E-state index in [0.29, 0.717) is 12.5 Å². The summed E-state index contributed by atoms with van der Waals surface area (Å²) in [4.78, 5) is 11.4. The Morgan fingerprint density at radius 2 is 1.94 bits per heavy atom. The largest absolute Gasteiger partial charge is 0.416 e. The molecule has 0 aromatic heterocycles. The molecule has 0 rings (SSSR count). The second kappa shape index (κ2) is 7.58. The van der Waals surface area contributed by atoms with Crippen LogP contribution in [0.15, 0.2) is 0 Å². The van der Waals surface area contributed by atoms with Crippen LogP contribution in [0, 0.1) is 11.8 Å². The maximum absolute atomic E-state index is 12.0. The van der Waals surface area contributed by atoms with Crippen LogP contribution in [0.1, 0.15) is 26.7 Å². The Hall–Kier alpha value is -0.820. The first kappa shape index (κ1) is 17.2. The van der Waals surface area contributed by atoms with Crippen LogP contribution in [0.4, 0.5) is 13.2 Å². The SMILES string of the molecule is CC(C)C[C@H](CN)CC(=O)NCC(O)C(F)(F)F. The lowest BCUT2D eigenvalue weighted by Crippen LogP contribution is -2.41. The highest BCUT2D eigenvalue weighted by Crippen LogP contribution is 2.19. The van der Waals surface area contributed by atoms with Crippen molar-refractivity contribution in [2.24, 2.45) is 17.6 Å². The van der Waals surface area contributed by atoms with Crippen molar-refractivity contribution in [3.63, 3.8) is 0 Å². The van der Waals surface area contributed by atoms with Crippen molar-refractivity contribution in [1.29, 1.82) is 0 Å². The second-order valence-corrected chi connectivity index (χ2v) is 4.80. The summed E-state index contributed by atoms with van der Waals surface area (Å²) in [5.41, 5.74) is 5.49. The molecule has 4 nitrogen and oxygen atoms in total. The molecule has 108 valence electrons. The third-order valence-corrected chi connectivity index (χ3v) is 2.48. The van der Waals surface area contributed by atoms with E-state index in [-0.39, 0.29) is 12.3 Å². The van der Waals surface area contributed by atoms with E-state index in [1.165, 1.54) is 0 Å². The first-order valence-corrected chi connectivity index (χ1v) is 5.88. The molecule has 18 heavy (non-hydrogen) atoms. The maximum Gasteiger partial charge on any atom is 0.416 e. The fraction of sp³-hybridized carbons (Fsp3) is 0.909. The Balaban J connectivity index is 4.03. The molecule has 0 saturated carbocycles. The summed E-state index contributed by atoms with van der Waals surface area (Å²) in [6, 6.07) is 0.